The molecule has 1 amide bonds. The summed E-state index contributed by atoms with van der Waals surface area (Å²) in [6, 6.07) is 13.5. The number of hydrogen-bond acceptors (Lipinski definition) is 4. The van der Waals surface area contributed by atoms with Gasteiger partial charge in [0, 0.05) is 12.7 Å². The number of pyridine rings is 1. The minimum absolute atomic E-state index is 0.0110. The van der Waals surface area contributed by atoms with Crippen LogP contribution < -0.4 is 4.74 Å². The number of methoxy groups -OCH3 is 1. The summed E-state index contributed by atoms with van der Waals surface area (Å²) in [7, 11) is 1.64. The van der Waals surface area contributed by atoms with Crippen molar-refractivity contribution < 1.29 is 9.53 Å². The second kappa shape index (κ2) is 6.55. The van der Waals surface area contributed by atoms with Crippen LogP contribution in [0.4, 0.5) is 0 Å². The van der Waals surface area contributed by atoms with Crippen LogP contribution in [0.15, 0.2) is 48.7 Å². The van der Waals surface area contributed by atoms with Gasteiger partial charge in [0.15, 0.2) is 11.5 Å². The fourth-order valence-electron chi connectivity index (χ4n) is 3.44. The fraction of sp³-hybridized carbons (Fsp3) is 0.316. The average molecular weight is 336 g/mol. The molecule has 4 rings (SSSR count). The lowest BCUT2D eigenvalue weighted by atomic mass is 10.1. The van der Waals surface area contributed by atoms with E-state index in [0.29, 0.717) is 6.42 Å². The van der Waals surface area contributed by atoms with E-state index in [2.05, 4.69) is 10.2 Å². The summed E-state index contributed by atoms with van der Waals surface area (Å²) in [6.07, 6.45) is 4.25. The maximum Gasteiger partial charge on any atom is 0.227 e. The number of nitrogens with zero attached hydrogens (tertiary/aromatic N) is 4. The Morgan fingerprint density at radius 1 is 1.20 bits per heavy atom. The molecule has 25 heavy (non-hydrogen) atoms. The number of likely N-dealkylation sites (tertiary alicyclic amines) is 1. The molecule has 1 saturated heterocycles. The van der Waals surface area contributed by atoms with Crippen LogP contribution >= 0.6 is 0 Å². The predicted molar refractivity (Wildman–Crippen MR) is 93.4 cm³/mol. The number of carbonyl (C=O) groups excluding carboxylic acids is 1. The first kappa shape index (κ1) is 15.6. The maximum atomic E-state index is 12.8. The maximum absolute atomic E-state index is 12.8. The van der Waals surface area contributed by atoms with Crippen LogP contribution in [0.1, 0.15) is 30.3 Å². The molecule has 1 fully saturated rings. The lowest BCUT2D eigenvalue weighted by molar-refractivity contribution is -0.131. The number of ether oxygens (including phenoxy) is 1. The summed E-state index contributed by atoms with van der Waals surface area (Å²) in [5.41, 5.74) is 1.80. The summed E-state index contributed by atoms with van der Waals surface area (Å²) in [5.74, 6) is 1.77. The van der Waals surface area contributed by atoms with Gasteiger partial charge < -0.3 is 9.64 Å². The number of benzene rings is 1. The molecule has 1 aliphatic rings. The Balaban J connectivity index is 1.55. The van der Waals surface area contributed by atoms with Crippen LogP contribution in [0.25, 0.3) is 5.65 Å². The van der Waals surface area contributed by atoms with Crippen molar-refractivity contribution in [2.24, 2.45) is 0 Å². The number of rotatable bonds is 4. The first-order chi connectivity index (χ1) is 12.3. The molecular formula is C19H20N4O2. The molecule has 3 aromatic rings. The zero-order chi connectivity index (χ0) is 17.2. The molecule has 128 valence electrons. The van der Waals surface area contributed by atoms with Gasteiger partial charge >= 0.3 is 0 Å². The Labute approximate surface area is 146 Å². The Bertz CT molecular complexity index is 888. The monoisotopic (exact) mass is 336 g/mol. The summed E-state index contributed by atoms with van der Waals surface area (Å²) >= 11 is 0. The molecule has 1 aromatic carbocycles. The highest BCUT2D eigenvalue weighted by molar-refractivity contribution is 5.79. The summed E-state index contributed by atoms with van der Waals surface area (Å²) in [4.78, 5) is 14.8. The third kappa shape index (κ3) is 2.95. The second-order valence-corrected chi connectivity index (χ2v) is 6.26. The molecular weight excluding hydrogens is 316 g/mol. The van der Waals surface area contributed by atoms with Crippen LogP contribution in [0.2, 0.25) is 0 Å². The van der Waals surface area contributed by atoms with Gasteiger partial charge in [-0.3, -0.25) is 9.20 Å². The van der Waals surface area contributed by atoms with E-state index in [1.807, 2.05) is 58.0 Å². The smallest absolute Gasteiger partial charge is 0.227 e. The Hall–Kier alpha value is -2.89. The fourth-order valence-corrected chi connectivity index (χ4v) is 3.44. The number of carbonyl (C=O) groups is 1. The van der Waals surface area contributed by atoms with Crippen molar-refractivity contribution in [2.75, 3.05) is 13.7 Å². The minimum atomic E-state index is -0.0110. The molecule has 6 heteroatoms. The quantitative estimate of drug-likeness (QED) is 0.735. The van der Waals surface area contributed by atoms with Gasteiger partial charge in [-0.25, -0.2) is 0 Å². The van der Waals surface area contributed by atoms with Gasteiger partial charge in [-0.05, 0) is 42.7 Å². The standard InChI is InChI=1S/C19H20N4O2/c1-25-15-9-7-14(8-10-15)13-18(24)22-12-4-5-16(22)19-21-20-17-6-2-3-11-23(17)19/h2-3,6-11,16H,4-5,12-13H2,1H3. The lowest BCUT2D eigenvalue weighted by Crippen LogP contribution is -2.32. The molecule has 1 aliphatic heterocycles. The van der Waals surface area contributed by atoms with E-state index < -0.39 is 0 Å². The molecule has 0 N–H and O–H groups in total. The van der Waals surface area contributed by atoms with Crippen LogP contribution in [0.3, 0.4) is 0 Å². The number of amides is 1. The largest absolute Gasteiger partial charge is 0.497 e. The van der Waals surface area contributed by atoms with Crippen LogP contribution in [-0.4, -0.2) is 39.1 Å². The third-order valence-electron chi connectivity index (χ3n) is 4.73. The van der Waals surface area contributed by atoms with Gasteiger partial charge in [0.05, 0.1) is 19.6 Å². The summed E-state index contributed by atoms with van der Waals surface area (Å²) in [5, 5.41) is 8.56. The van der Waals surface area contributed by atoms with Crippen molar-refractivity contribution in [3.63, 3.8) is 0 Å². The minimum Gasteiger partial charge on any atom is -0.497 e. The highest BCUT2D eigenvalue weighted by atomic mass is 16.5. The van der Waals surface area contributed by atoms with Crippen molar-refractivity contribution in [3.05, 3.63) is 60.0 Å². The second-order valence-electron chi connectivity index (χ2n) is 6.26. The average Bonchev–Trinajstić information content (AvgIpc) is 3.29. The van der Waals surface area contributed by atoms with E-state index in [-0.39, 0.29) is 11.9 Å². The van der Waals surface area contributed by atoms with E-state index >= 15 is 0 Å². The normalized spacial score (nSPS) is 17.2. The van der Waals surface area contributed by atoms with Crippen LogP contribution in [-0.2, 0) is 11.2 Å². The van der Waals surface area contributed by atoms with Crippen molar-refractivity contribution in [1.82, 2.24) is 19.5 Å². The molecule has 0 spiro atoms. The number of fused-ring (bicyclic) bond motifs is 1. The third-order valence-corrected chi connectivity index (χ3v) is 4.73. The molecule has 0 radical (unpaired) electrons. The Morgan fingerprint density at radius 2 is 2.04 bits per heavy atom. The highest BCUT2D eigenvalue weighted by Crippen LogP contribution is 2.31. The first-order valence-corrected chi connectivity index (χ1v) is 8.48. The van der Waals surface area contributed by atoms with Gasteiger partial charge in [0.1, 0.15) is 5.75 Å². The van der Waals surface area contributed by atoms with E-state index in [9.17, 15) is 4.79 Å². The van der Waals surface area contributed by atoms with Gasteiger partial charge in [0.25, 0.3) is 0 Å². The van der Waals surface area contributed by atoms with Gasteiger partial charge in [-0.2, -0.15) is 0 Å². The van der Waals surface area contributed by atoms with Crippen molar-refractivity contribution in [1.29, 1.82) is 0 Å². The van der Waals surface area contributed by atoms with Gasteiger partial charge in [-0.1, -0.05) is 18.2 Å². The zero-order valence-corrected chi connectivity index (χ0v) is 14.1. The van der Waals surface area contributed by atoms with E-state index in [1.54, 1.807) is 7.11 Å². The Kier molecular flexibility index (Phi) is 4.09. The highest BCUT2D eigenvalue weighted by Gasteiger charge is 2.33. The molecule has 1 atom stereocenters. The first-order valence-electron chi connectivity index (χ1n) is 8.48. The van der Waals surface area contributed by atoms with Gasteiger partial charge in [0.2, 0.25) is 5.91 Å². The van der Waals surface area contributed by atoms with E-state index in [4.69, 9.17) is 4.74 Å². The molecule has 3 heterocycles. The topological polar surface area (TPSA) is 59.7 Å². The predicted octanol–water partition coefficient (Wildman–Crippen LogP) is 2.64. The van der Waals surface area contributed by atoms with Crippen molar-refractivity contribution in [3.8, 4) is 5.75 Å². The van der Waals surface area contributed by atoms with E-state index in [1.165, 1.54) is 0 Å². The molecule has 2 aromatic heterocycles. The van der Waals surface area contributed by atoms with Crippen LogP contribution in [0.5, 0.6) is 5.75 Å². The molecule has 0 bridgehead atoms. The molecule has 1 unspecified atom stereocenters. The van der Waals surface area contributed by atoms with Crippen molar-refractivity contribution in [2.45, 2.75) is 25.3 Å². The molecule has 0 aliphatic carbocycles. The number of aromatic nitrogens is 3. The van der Waals surface area contributed by atoms with E-state index in [0.717, 1.165) is 42.2 Å². The lowest BCUT2D eigenvalue weighted by Gasteiger charge is -2.23. The summed E-state index contributed by atoms with van der Waals surface area (Å²) in [6.45, 7) is 0.765. The van der Waals surface area contributed by atoms with Gasteiger partial charge in [-0.15, -0.1) is 10.2 Å². The molecule has 6 nitrogen and oxygen atoms in total. The summed E-state index contributed by atoms with van der Waals surface area (Å²) < 4.78 is 7.14. The van der Waals surface area contributed by atoms with Crippen molar-refractivity contribution >= 4 is 11.6 Å². The number of hydrogen-bond donors (Lipinski definition) is 0. The molecule has 0 saturated carbocycles. The van der Waals surface area contributed by atoms with Crippen LogP contribution in [0, 0.1) is 0 Å². The Morgan fingerprint density at radius 3 is 2.84 bits per heavy atom. The zero-order valence-electron chi connectivity index (χ0n) is 14.1. The SMILES string of the molecule is COc1ccc(CC(=O)N2CCCC2c2nnc3ccccn23)cc1.